The average Bonchev–Trinajstić information content (AvgIpc) is 3.24. The highest BCUT2D eigenvalue weighted by atomic mass is 32.2. The zero-order valence-electron chi connectivity index (χ0n) is 17.8. The zero-order valence-corrected chi connectivity index (χ0v) is 18.6. The van der Waals surface area contributed by atoms with Gasteiger partial charge in [0.1, 0.15) is 17.3 Å². The van der Waals surface area contributed by atoms with Gasteiger partial charge in [0, 0.05) is 13.1 Å². The first-order valence-electron chi connectivity index (χ1n) is 9.98. The maximum absolute atomic E-state index is 5.47. The van der Waals surface area contributed by atoms with Crippen molar-refractivity contribution in [1.82, 2.24) is 19.7 Å². The molecule has 0 radical (unpaired) electrons. The first-order chi connectivity index (χ1) is 15.2. The van der Waals surface area contributed by atoms with Crippen LogP contribution in [0, 0.1) is 0 Å². The second-order valence-electron chi connectivity index (χ2n) is 6.93. The largest absolute Gasteiger partial charge is 0.497 e. The van der Waals surface area contributed by atoms with Crippen LogP contribution in [-0.4, -0.2) is 40.2 Å². The molecule has 4 aromatic rings. The summed E-state index contributed by atoms with van der Waals surface area (Å²) in [6.07, 6.45) is 4.60. The second kappa shape index (κ2) is 9.70. The number of para-hydroxylation sites is 1. The monoisotopic (exact) mass is 435 g/mol. The highest BCUT2D eigenvalue weighted by Gasteiger charge is 2.13. The topological polar surface area (TPSA) is 74.1 Å². The summed E-state index contributed by atoms with van der Waals surface area (Å²) in [6, 6.07) is 16.0. The van der Waals surface area contributed by atoms with Crippen LogP contribution in [0.4, 0.5) is 5.82 Å². The van der Waals surface area contributed by atoms with E-state index < -0.39 is 0 Å². The Morgan fingerprint density at radius 2 is 1.90 bits per heavy atom. The second-order valence-corrected chi connectivity index (χ2v) is 7.70. The van der Waals surface area contributed by atoms with Gasteiger partial charge in [0.15, 0.2) is 10.8 Å². The molecule has 0 atom stereocenters. The Labute approximate surface area is 185 Å². The molecule has 0 fully saturated rings. The van der Waals surface area contributed by atoms with Crippen molar-refractivity contribution in [2.45, 2.75) is 24.7 Å². The summed E-state index contributed by atoms with van der Waals surface area (Å²) < 4.78 is 12.7. The number of hydrogen-bond donors (Lipinski definition) is 1. The molecule has 7 nitrogen and oxygen atoms in total. The third-order valence-electron chi connectivity index (χ3n) is 5.04. The molecule has 0 unspecified atom stereocenters. The zero-order chi connectivity index (χ0) is 21.6. The van der Waals surface area contributed by atoms with E-state index >= 15 is 0 Å². The number of anilines is 1. The molecule has 2 aromatic carbocycles. The van der Waals surface area contributed by atoms with Crippen LogP contribution in [0.3, 0.4) is 0 Å². The summed E-state index contributed by atoms with van der Waals surface area (Å²) in [5.74, 6) is 2.50. The number of benzene rings is 2. The molecule has 2 aromatic heterocycles. The Hall–Kier alpha value is -3.26. The predicted molar refractivity (Wildman–Crippen MR) is 124 cm³/mol. The summed E-state index contributed by atoms with van der Waals surface area (Å²) in [5, 5.41) is 9.64. The van der Waals surface area contributed by atoms with Crippen molar-refractivity contribution in [2.75, 3.05) is 25.8 Å². The molecule has 0 amide bonds. The van der Waals surface area contributed by atoms with Crippen molar-refractivity contribution in [2.24, 2.45) is 0 Å². The highest BCUT2D eigenvalue weighted by molar-refractivity contribution is 7.98. The molecular formula is C23H25N5O2S. The predicted octanol–water partition coefficient (Wildman–Crippen LogP) is 4.42. The smallest absolute Gasteiger partial charge is 0.191 e. The third kappa shape index (κ3) is 4.74. The fraction of sp³-hybridized carbons (Fsp3) is 0.261. The van der Waals surface area contributed by atoms with E-state index in [2.05, 4.69) is 27.5 Å². The summed E-state index contributed by atoms with van der Waals surface area (Å²) >= 11 is 1.51. The van der Waals surface area contributed by atoms with Gasteiger partial charge in [-0.1, -0.05) is 42.1 Å². The van der Waals surface area contributed by atoms with Gasteiger partial charge < -0.3 is 14.8 Å². The molecule has 8 heteroatoms. The van der Waals surface area contributed by atoms with Crippen LogP contribution in [0.15, 0.2) is 59.9 Å². The van der Waals surface area contributed by atoms with Crippen LogP contribution in [0.2, 0.25) is 0 Å². The molecule has 1 N–H and O–H groups in total. The molecule has 0 aliphatic rings. The summed E-state index contributed by atoms with van der Waals surface area (Å²) in [5.41, 5.74) is 3.08. The van der Waals surface area contributed by atoms with Crippen molar-refractivity contribution < 1.29 is 9.47 Å². The van der Waals surface area contributed by atoms with E-state index in [-0.39, 0.29) is 0 Å². The van der Waals surface area contributed by atoms with Crippen LogP contribution >= 0.6 is 11.8 Å². The van der Waals surface area contributed by atoms with E-state index in [1.165, 1.54) is 11.8 Å². The number of ether oxygens (including phenoxy) is 2. The van der Waals surface area contributed by atoms with Crippen molar-refractivity contribution in [3.8, 4) is 11.5 Å². The first-order valence-corrected chi connectivity index (χ1v) is 11.2. The van der Waals surface area contributed by atoms with Crippen LogP contribution in [0.1, 0.15) is 11.1 Å². The lowest BCUT2D eigenvalue weighted by atomic mass is 10.1. The van der Waals surface area contributed by atoms with E-state index in [4.69, 9.17) is 14.5 Å². The first kappa shape index (κ1) is 21.0. The number of hydrogen-bond acceptors (Lipinski definition) is 7. The normalized spacial score (nSPS) is 10.9. The van der Waals surface area contributed by atoms with E-state index in [1.54, 1.807) is 14.2 Å². The molecule has 0 aliphatic carbocycles. The van der Waals surface area contributed by atoms with Crippen LogP contribution in [0.5, 0.6) is 11.5 Å². The third-order valence-corrected chi connectivity index (χ3v) is 5.59. The van der Waals surface area contributed by atoms with Gasteiger partial charge in [-0.15, -0.1) is 0 Å². The number of aryl methyl sites for hydroxylation is 2. The van der Waals surface area contributed by atoms with Crippen LogP contribution in [0.25, 0.3) is 11.0 Å². The molecule has 4 rings (SSSR count). The molecule has 0 saturated heterocycles. The average molecular weight is 436 g/mol. The Morgan fingerprint density at radius 1 is 1.03 bits per heavy atom. The summed E-state index contributed by atoms with van der Waals surface area (Å²) in [7, 11) is 3.37. The van der Waals surface area contributed by atoms with E-state index in [1.807, 2.05) is 53.5 Å². The quantitative estimate of drug-likeness (QED) is 0.308. The number of methoxy groups -OCH3 is 2. The van der Waals surface area contributed by atoms with Gasteiger partial charge in [0.2, 0.25) is 0 Å². The number of aromatic nitrogens is 4. The lowest BCUT2D eigenvalue weighted by Crippen LogP contribution is -2.07. The fourth-order valence-corrected chi connectivity index (χ4v) is 3.79. The number of nitrogens with zero attached hydrogens (tertiary/aromatic N) is 4. The van der Waals surface area contributed by atoms with Gasteiger partial charge in [-0.05, 0) is 42.0 Å². The SMILES string of the molecule is COc1cccc(CNc2nc(SC)nc3c2cnn3CCc2ccccc2OC)c1. The number of fused-ring (bicyclic) bond motifs is 1. The minimum atomic E-state index is 0.629. The minimum absolute atomic E-state index is 0.629. The van der Waals surface area contributed by atoms with Gasteiger partial charge in [0.25, 0.3) is 0 Å². The Kier molecular flexibility index (Phi) is 6.57. The molecule has 0 saturated carbocycles. The maximum Gasteiger partial charge on any atom is 0.191 e. The van der Waals surface area contributed by atoms with E-state index in [0.29, 0.717) is 18.2 Å². The van der Waals surface area contributed by atoms with Gasteiger partial charge in [0.05, 0.1) is 25.8 Å². The lowest BCUT2D eigenvalue weighted by molar-refractivity contribution is 0.408. The van der Waals surface area contributed by atoms with Gasteiger partial charge >= 0.3 is 0 Å². The molecular weight excluding hydrogens is 410 g/mol. The standard InChI is InChI=1S/C23H25N5O2S/c1-29-18-9-6-7-16(13-18)14-24-21-19-15-25-28(22(19)27-23(26-21)31-3)12-11-17-8-4-5-10-20(17)30-2/h4-10,13,15H,11-12,14H2,1-3H3,(H,24,26,27). The highest BCUT2D eigenvalue weighted by Crippen LogP contribution is 2.25. The van der Waals surface area contributed by atoms with E-state index in [9.17, 15) is 0 Å². The minimum Gasteiger partial charge on any atom is -0.497 e. The Bertz CT molecular complexity index is 1180. The number of thioether (sulfide) groups is 1. The Balaban J connectivity index is 1.58. The Morgan fingerprint density at radius 3 is 2.71 bits per heavy atom. The van der Waals surface area contributed by atoms with Gasteiger partial charge in [-0.3, -0.25) is 0 Å². The van der Waals surface area contributed by atoms with Gasteiger partial charge in [-0.25, -0.2) is 14.6 Å². The molecule has 0 bridgehead atoms. The van der Waals surface area contributed by atoms with Crippen molar-refractivity contribution in [1.29, 1.82) is 0 Å². The molecule has 0 aliphatic heterocycles. The summed E-state index contributed by atoms with van der Waals surface area (Å²) in [6.45, 7) is 1.33. The van der Waals surface area contributed by atoms with Crippen LogP contribution in [-0.2, 0) is 19.5 Å². The fourth-order valence-electron chi connectivity index (χ4n) is 3.43. The molecule has 0 spiro atoms. The van der Waals surface area contributed by atoms with E-state index in [0.717, 1.165) is 45.9 Å². The van der Waals surface area contributed by atoms with Crippen molar-refractivity contribution >= 4 is 28.6 Å². The molecule has 31 heavy (non-hydrogen) atoms. The number of rotatable bonds is 9. The van der Waals surface area contributed by atoms with Crippen molar-refractivity contribution in [3.63, 3.8) is 0 Å². The summed E-state index contributed by atoms with van der Waals surface area (Å²) in [4.78, 5) is 9.38. The molecule has 2 heterocycles. The number of nitrogens with one attached hydrogen (secondary N) is 1. The lowest BCUT2D eigenvalue weighted by Gasteiger charge is -2.11. The maximum atomic E-state index is 5.47. The van der Waals surface area contributed by atoms with Crippen LogP contribution < -0.4 is 14.8 Å². The van der Waals surface area contributed by atoms with Gasteiger partial charge in [-0.2, -0.15) is 5.10 Å². The molecule has 160 valence electrons. The van der Waals surface area contributed by atoms with Crippen molar-refractivity contribution in [3.05, 3.63) is 65.9 Å².